The van der Waals surface area contributed by atoms with Crippen LogP contribution in [0.15, 0.2) is 48.6 Å². The smallest absolute Gasteiger partial charge is 0.462 e. The molecule has 1 aliphatic rings. The predicted molar refractivity (Wildman–Crippen MR) is 230 cm³/mol. The van der Waals surface area contributed by atoms with Gasteiger partial charge >= 0.3 is 19.8 Å². The van der Waals surface area contributed by atoms with E-state index >= 15 is 0 Å². The highest BCUT2D eigenvalue weighted by atomic mass is 31.2. The Balaban J connectivity index is 2.52. The second kappa shape index (κ2) is 35.4. The summed E-state index contributed by atoms with van der Waals surface area (Å²) < 4.78 is 33.4. The van der Waals surface area contributed by atoms with E-state index in [0.29, 0.717) is 12.8 Å². The molecule has 0 aromatic heterocycles. The Labute approximate surface area is 354 Å². The Morgan fingerprint density at radius 3 is 1.47 bits per heavy atom. The number of aliphatic hydroxyl groups excluding tert-OH is 5. The van der Waals surface area contributed by atoms with Crippen molar-refractivity contribution in [2.24, 2.45) is 0 Å². The van der Waals surface area contributed by atoms with Crippen LogP contribution in [0.1, 0.15) is 168 Å². The maximum absolute atomic E-state index is 12.8. The molecule has 0 aromatic carbocycles. The van der Waals surface area contributed by atoms with Crippen LogP contribution in [-0.2, 0) is 32.7 Å². The molecule has 0 aromatic rings. The molecule has 0 saturated heterocycles. The number of carbonyl (C=O) groups excluding carboxylic acids is 2. The molecular formula is C45H79O13P. The molecule has 1 fully saturated rings. The summed E-state index contributed by atoms with van der Waals surface area (Å²) in [7, 11) is -5.13. The molecule has 13 nitrogen and oxygen atoms in total. The SMILES string of the molecule is CCCCC/C=C\C/C=C\C/C=C\CCCCC(=O)O[C@H](COC(=O)CCCCCCC/C=C\CCCCCCCC)COP(=O)(O)OC1C(O)C(O)C(O)[C@@H](O)C1O. The Kier molecular flexibility index (Phi) is 32.9. The number of allylic oxidation sites excluding steroid dienone is 8. The lowest BCUT2D eigenvalue weighted by Crippen LogP contribution is -2.64. The van der Waals surface area contributed by atoms with Crippen molar-refractivity contribution in [3.8, 4) is 0 Å². The van der Waals surface area contributed by atoms with Crippen LogP contribution in [0.2, 0.25) is 0 Å². The first-order chi connectivity index (χ1) is 28.4. The lowest BCUT2D eigenvalue weighted by Gasteiger charge is -2.41. The molecule has 1 rings (SSSR count). The minimum absolute atomic E-state index is 0.0452. The number of hydrogen-bond donors (Lipinski definition) is 6. The van der Waals surface area contributed by atoms with Gasteiger partial charge in [-0.3, -0.25) is 18.6 Å². The van der Waals surface area contributed by atoms with E-state index < -0.39 is 75.7 Å². The number of esters is 2. The molecule has 8 atom stereocenters. The molecule has 0 radical (unpaired) electrons. The van der Waals surface area contributed by atoms with Gasteiger partial charge in [0, 0.05) is 12.8 Å². The number of carbonyl (C=O) groups is 2. The average Bonchev–Trinajstić information content (AvgIpc) is 3.21. The molecular weight excluding hydrogens is 779 g/mol. The lowest BCUT2D eigenvalue weighted by molar-refractivity contribution is -0.220. The van der Waals surface area contributed by atoms with E-state index in [4.69, 9.17) is 18.5 Å². The van der Waals surface area contributed by atoms with Crippen molar-refractivity contribution < 1.29 is 63.1 Å². The minimum atomic E-state index is -5.13. The third-order valence-electron chi connectivity index (χ3n) is 10.1. The van der Waals surface area contributed by atoms with E-state index in [2.05, 4.69) is 62.5 Å². The number of unbranched alkanes of at least 4 members (excludes halogenated alkanes) is 16. The molecule has 1 aliphatic carbocycles. The summed E-state index contributed by atoms with van der Waals surface area (Å²) in [6.45, 7) is 3.21. The van der Waals surface area contributed by atoms with E-state index in [1.165, 1.54) is 57.8 Å². The number of phosphoric acid groups is 1. The first-order valence-electron chi connectivity index (χ1n) is 22.4. The molecule has 59 heavy (non-hydrogen) atoms. The molecule has 6 N–H and O–H groups in total. The van der Waals surface area contributed by atoms with Crippen LogP contribution in [-0.4, -0.2) is 98.3 Å². The highest BCUT2D eigenvalue weighted by Crippen LogP contribution is 2.47. The molecule has 1 saturated carbocycles. The van der Waals surface area contributed by atoms with Crippen molar-refractivity contribution in [3.05, 3.63) is 48.6 Å². The van der Waals surface area contributed by atoms with Gasteiger partial charge in [-0.15, -0.1) is 0 Å². The third kappa shape index (κ3) is 28.1. The zero-order valence-electron chi connectivity index (χ0n) is 36.0. The molecule has 0 spiro atoms. The standard InChI is InChI=1S/C45H79O13P/c1-3-5-7-9-11-13-15-17-19-21-23-25-27-29-31-33-38(46)55-35-37(36-56-59(53,54)58-45-43(51)41(49)40(48)42(50)44(45)52)57-39(47)34-32-30-28-26-24-22-20-18-16-14-12-10-8-6-4-2/h12,14,17-20,24,26,37,40-45,48-52H,3-11,13,15-16,21-23,25,27-36H2,1-2H3,(H,53,54)/b14-12-,19-17-,20-18-,26-24-/t37-,40?,41-,42?,43?,44?,45?/m1/s1. The molecule has 14 heteroatoms. The van der Waals surface area contributed by atoms with Crippen LogP contribution < -0.4 is 0 Å². The van der Waals surface area contributed by atoms with Gasteiger partial charge in [-0.1, -0.05) is 127 Å². The minimum Gasteiger partial charge on any atom is -0.462 e. The maximum atomic E-state index is 12.8. The number of phosphoric ester groups is 1. The van der Waals surface area contributed by atoms with E-state index in [1.54, 1.807) is 0 Å². The van der Waals surface area contributed by atoms with Crippen molar-refractivity contribution in [1.29, 1.82) is 0 Å². The van der Waals surface area contributed by atoms with Crippen LogP contribution in [0.4, 0.5) is 0 Å². The van der Waals surface area contributed by atoms with E-state index in [9.17, 15) is 44.6 Å². The molecule has 0 aliphatic heterocycles. The second-order valence-electron chi connectivity index (χ2n) is 15.5. The molecule has 0 bridgehead atoms. The van der Waals surface area contributed by atoms with Crippen molar-refractivity contribution in [2.75, 3.05) is 13.2 Å². The van der Waals surface area contributed by atoms with Crippen LogP contribution in [0.3, 0.4) is 0 Å². The van der Waals surface area contributed by atoms with Gasteiger partial charge in [0.05, 0.1) is 6.61 Å². The van der Waals surface area contributed by atoms with Gasteiger partial charge in [-0.25, -0.2) is 4.57 Å². The van der Waals surface area contributed by atoms with Gasteiger partial charge in [0.2, 0.25) is 0 Å². The first kappa shape index (κ1) is 54.8. The third-order valence-corrected chi connectivity index (χ3v) is 11.1. The zero-order chi connectivity index (χ0) is 43.6. The van der Waals surface area contributed by atoms with Crippen LogP contribution in [0, 0.1) is 0 Å². The van der Waals surface area contributed by atoms with Crippen molar-refractivity contribution in [2.45, 2.75) is 211 Å². The maximum Gasteiger partial charge on any atom is 0.472 e. The van der Waals surface area contributed by atoms with Gasteiger partial charge in [-0.05, 0) is 77.0 Å². The van der Waals surface area contributed by atoms with Crippen molar-refractivity contribution in [3.63, 3.8) is 0 Å². The summed E-state index contributed by atoms with van der Waals surface area (Å²) in [6.07, 6.45) is 27.4. The summed E-state index contributed by atoms with van der Waals surface area (Å²) in [6, 6.07) is 0. The summed E-state index contributed by atoms with van der Waals surface area (Å²) >= 11 is 0. The molecule has 0 amide bonds. The fraction of sp³-hybridized carbons (Fsp3) is 0.778. The van der Waals surface area contributed by atoms with Gasteiger partial charge in [-0.2, -0.15) is 0 Å². The number of rotatable bonds is 36. The lowest BCUT2D eigenvalue weighted by atomic mass is 9.85. The van der Waals surface area contributed by atoms with Crippen LogP contribution in [0.25, 0.3) is 0 Å². The topological polar surface area (TPSA) is 210 Å². The second-order valence-corrected chi connectivity index (χ2v) is 16.9. The van der Waals surface area contributed by atoms with Crippen LogP contribution >= 0.6 is 7.82 Å². The zero-order valence-corrected chi connectivity index (χ0v) is 36.9. The highest BCUT2D eigenvalue weighted by molar-refractivity contribution is 7.47. The van der Waals surface area contributed by atoms with E-state index in [1.807, 2.05) is 0 Å². The predicted octanol–water partition coefficient (Wildman–Crippen LogP) is 8.39. The monoisotopic (exact) mass is 859 g/mol. The fourth-order valence-corrected chi connectivity index (χ4v) is 7.44. The quantitative estimate of drug-likeness (QED) is 0.0152. The average molecular weight is 859 g/mol. The van der Waals surface area contributed by atoms with Gasteiger partial charge in [0.25, 0.3) is 0 Å². The highest BCUT2D eigenvalue weighted by Gasteiger charge is 2.51. The normalized spacial score (nSPS) is 22.8. The van der Waals surface area contributed by atoms with Crippen molar-refractivity contribution >= 4 is 19.8 Å². The van der Waals surface area contributed by atoms with E-state index in [-0.39, 0.29) is 12.8 Å². The van der Waals surface area contributed by atoms with Crippen LogP contribution in [0.5, 0.6) is 0 Å². The van der Waals surface area contributed by atoms with Gasteiger partial charge in [0.1, 0.15) is 43.2 Å². The summed E-state index contributed by atoms with van der Waals surface area (Å²) in [5.41, 5.74) is 0. The molecule has 0 heterocycles. The largest absolute Gasteiger partial charge is 0.472 e. The Morgan fingerprint density at radius 1 is 0.525 bits per heavy atom. The fourth-order valence-electron chi connectivity index (χ4n) is 6.46. The summed E-state index contributed by atoms with van der Waals surface area (Å²) in [5.74, 6) is -1.16. The summed E-state index contributed by atoms with van der Waals surface area (Å²) in [4.78, 5) is 35.6. The molecule has 342 valence electrons. The Bertz CT molecular complexity index is 1220. The van der Waals surface area contributed by atoms with Gasteiger partial charge in [0.15, 0.2) is 6.10 Å². The summed E-state index contributed by atoms with van der Waals surface area (Å²) in [5, 5.41) is 50.1. The van der Waals surface area contributed by atoms with Gasteiger partial charge < -0.3 is 39.9 Å². The number of hydrogen-bond acceptors (Lipinski definition) is 12. The first-order valence-corrected chi connectivity index (χ1v) is 23.9. The molecule has 6 unspecified atom stereocenters. The Hall–Kier alpha value is -2.19. The van der Waals surface area contributed by atoms with E-state index in [0.717, 1.165) is 70.6 Å². The number of ether oxygens (including phenoxy) is 2. The number of aliphatic hydroxyl groups is 5. The van der Waals surface area contributed by atoms with Crippen molar-refractivity contribution in [1.82, 2.24) is 0 Å². The Morgan fingerprint density at radius 2 is 0.915 bits per heavy atom.